The van der Waals surface area contributed by atoms with Crippen LogP contribution in [0.1, 0.15) is 27.2 Å². The standard InChI is InChI=1S/C11H19NO5S/c1-11(2,3)8(10(14)15)12-9(13)7-4-5-18(16,17)6-7/h7-8H,4-6H2,1-3H3,(H,12,13)(H,14,15)/t7?,8-/m1/s1. The minimum absolute atomic E-state index is 0.00164. The molecule has 1 rings (SSSR count). The molecule has 0 aromatic carbocycles. The quantitative estimate of drug-likeness (QED) is 0.758. The molecule has 0 aliphatic carbocycles. The van der Waals surface area contributed by atoms with Gasteiger partial charge >= 0.3 is 5.97 Å². The van der Waals surface area contributed by atoms with E-state index in [-0.39, 0.29) is 17.9 Å². The van der Waals surface area contributed by atoms with Crippen LogP contribution < -0.4 is 5.32 Å². The summed E-state index contributed by atoms with van der Waals surface area (Å²) in [4.78, 5) is 22.9. The molecule has 0 aromatic rings. The molecule has 1 aliphatic heterocycles. The van der Waals surface area contributed by atoms with Crippen molar-refractivity contribution in [2.75, 3.05) is 11.5 Å². The largest absolute Gasteiger partial charge is 0.480 e. The third-order valence-corrected chi connectivity index (χ3v) is 4.77. The zero-order valence-corrected chi connectivity index (χ0v) is 11.6. The van der Waals surface area contributed by atoms with Gasteiger partial charge < -0.3 is 10.4 Å². The van der Waals surface area contributed by atoms with E-state index in [1.165, 1.54) is 0 Å². The van der Waals surface area contributed by atoms with Gasteiger partial charge in [0.25, 0.3) is 0 Å². The molecular formula is C11H19NO5S. The molecule has 1 fully saturated rings. The summed E-state index contributed by atoms with van der Waals surface area (Å²) in [7, 11) is -3.14. The minimum Gasteiger partial charge on any atom is -0.480 e. The number of nitrogens with one attached hydrogen (secondary N) is 1. The lowest BCUT2D eigenvalue weighted by atomic mass is 9.86. The van der Waals surface area contributed by atoms with Gasteiger partial charge in [-0.1, -0.05) is 20.8 Å². The molecule has 6 nitrogen and oxygen atoms in total. The predicted molar refractivity (Wildman–Crippen MR) is 65.8 cm³/mol. The number of hydrogen-bond donors (Lipinski definition) is 2. The molecular weight excluding hydrogens is 258 g/mol. The topological polar surface area (TPSA) is 101 Å². The van der Waals surface area contributed by atoms with Crippen LogP contribution in [-0.2, 0) is 19.4 Å². The number of hydrogen-bond acceptors (Lipinski definition) is 4. The molecule has 0 saturated carbocycles. The molecule has 1 amide bonds. The van der Waals surface area contributed by atoms with E-state index in [1.807, 2.05) is 0 Å². The monoisotopic (exact) mass is 277 g/mol. The van der Waals surface area contributed by atoms with Crippen LogP contribution in [0.4, 0.5) is 0 Å². The van der Waals surface area contributed by atoms with Gasteiger partial charge in [0.1, 0.15) is 6.04 Å². The van der Waals surface area contributed by atoms with Crippen molar-refractivity contribution < 1.29 is 23.1 Å². The normalized spacial score (nSPS) is 24.5. The van der Waals surface area contributed by atoms with Crippen molar-refractivity contribution in [3.63, 3.8) is 0 Å². The fourth-order valence-electron chi connectivity index (χ4n) is 1.91. The Labute approximate surface area is 107 Å². The van der Waals surface area contributed by atoms with Crippen LogP contribution in [-0.4, -0.2) is 42.9 Å². The van der Waals surface area contributed by atoms with Crippen LogP contribution in [0.2, 0.25) is 0 Å². The molecule has 1 saturated heterocycles. The van der Waals surface area contributed by atoms with Crippen LogP contribution in [0.25, 0.3) is 0 Å². The Morgan fingerprint density at radius 3 is 2.22 bits per heavy atom. The number of carboxylic acids is 1. The summed E-state index contributed by atoms with van der Waals surface area (Å²) in [6.07, 6.45) is 0.269. The van der Waals surface area contributed by atoms with Gasteiger partial charge in [0, 0.05) is 0 Å². The summed E-state index contributed by atoms with van der Waals surface area (Å²) >= 11 is 0. The molecule has 7 heteroatoms. The Morgan fingerprint density at radius 2 is 1.89 bits per heavy atom. The zero-order chi connectivity index (χ0) is 14.1. The molecule has 2 N–H and O–H groups in total. The average Bonchev–Trinajstić information content (AvgIpc) is 2.52. The molecule has 1 unspecified atom stereocenters. The lowest BCUT2D eigenvalue weighted by molar-refractivity contribution is -0.145. The summed E-state index contributed by atoms with van der Waals surface area (Å²) in [5.41, 5.74) is -0.626. The van der Waals surface area contributed by atoms with E-state index >= 15 is 0 Å². The number of amides is 1. The van der Waals surface area contributed by atoms with Gasteiger partial charge in [-0.15, -0.1) is 0 Å². The maximum Gasteiger partial charge on any atom is 0.326 e. The second-order valence-electron chi connectivity index (χ2n) is 5.75. The van der Waals surface area contributed by atoms with Crippen molar-refractivity contribution in [2.24, 2.45) is 11.3 Å². The fourth-order valence-corrected chi connectivity index (χ4v) is 3.65. The highest BCUT2D eigenvalue weighted by Crippen LogP contribution is 2.22. The Hall–Kier alpha value is -1.11. The smallest absolute Gasteiger partial charge is 0.326 e. The van der Waals surface area contributed by atoms with Crippen LogP contribution in [0, 0.1) is 11.3 Å². The van der Waals surface area contributed by atoms with Crippen LogP contribution in [0.3, 0.4) is 0 Å². The Balaban J connectivity index is 2.72. The summed E-state index contributed by atoms with van der Waals surface area (Å²) in [6.45, 7) is 5.12. The van der Waals surface area contributed by atoms with E-state index in [2.05, 4.69) is 5.32 Å². The molecule has 1 aliphatic rings. The second-order valence-corrected chi connectivity index (χ2v) is 7.97. The molecule has 0 spiro atoms. The maximum absolute atomic E-state index is 11.9. The number of sulfone groups is 1. The first-order valence-electron chi connectivity index (χ1n) is 5.76. The summed E-state index contributed by atoms with van der Waals surface area (Å²) in [6, 6.07) is -1.02. The number of carboxylic acid groups (broad SMARTS) is 1. The van der Waals surface area contributed by atoms with E-state index in [1.54, 1.807) is 20.8 Å². The third-order valence-electron chi connectivity index (χ3n) is 3.00. The number of rotatable bonds is 3. The SMILES string of the molecule is CC(C)(C)[C@H](NC(=O)C1CCS(=O)(=O)C1)C(=O)O. The summed E-state index contributed by atoms with van der Waals surface area (Å²) < 4.78 is 22.5. The molecule has 0 bridgehead atoms. The fraction of sp³-hybridized carbons (Fsp3) is 0.818. The molecule has 2 atom stereocenters. The van der Waals surface area contributed by atoms with Gasteiger partial charge in [-0.2, -0.15) is 0 Å². The van der Waals surface area contributed by atoms with Crippen molar-refractivity contribution in [3.05, 3.63) is 0 Å². The lowest BCUT2D eigenvalue weighted by Crippen LogP contribution is -2.50. The van der Waals surface area contributed by atoms with Gasteiger partial charge in [0.15, 0.2) is 9.84 Å². The van der Waals surface area contributed by atoms with E-state index in [0.29, 0.717) is 0 Å². The highest BCUT2D eigenvalue weighted by atomic mass is 32.2. The zero-order valence-electron chi connectivity index (χ0n) is 10.8. The van der Waals surface area contributed by atoms with Crippen molar-refractivity contribution >= 4 is 21.7 Å². The average molecular weight is 277 g/mol. The van der Waals surface area contributed by atoms with Crippen LogP contribution >= 0.6 is 0 Å². The predicted octanol–water partition coefficient (Wildman–Crippen LogP) is 0.0366. The van der Waals surface area contributed by atoms with Crippen LogP contribution in [0.15, 0.2) is 0 Å². The van der Waals surface area contributed by atoms with Crippen molar-refractivity contribution in [3.8, 4) is 0 Å². The maximum atomic E-state index is 11.9. The van der Waals surface area contributed by atoms with Gasteiger partial charge in [-0.05, 0) is 11.8 Å². The van der Waals surface area contributed by atoms with Gasteiger partial charge in [-0.3, -0.25) is 4.79 Å². The minimum atomic E-state index is -3.14. The summed E-state index contributed by atoms with van der Waals surface area (Å²) in [5.74, 6) is -2.41. The molecule has 1 heterocycles. The molecule has 0 radical (unpaired) electrons. The summed E-state index contributed by atoms with van der Waals surface area (Å²) in [5, 5.41) is 11.5. The van der Waals surface area contributed by atoms with Crippen LogP contribution in [0.5, 0.6) is 0 Å². The van der Waals surface area contributed by atoms with Gasteiger partial charge in [-0.25, -0.2) is 13.2 Å². The van der Waals surface area contributed by atoms with E-state index < -0.39 is 39.1 Å². The lowest BCUT2D eigenvalue weighted by Gasteiger charge is -2.28. The van der Waals surface area contributed by atoms with E-state index in [0.717, 1.165) is 0 Å². The molecule has 18 heavy (non-hydrogen) atoms. The third kappa shape index (κ3) is 3.69. The Bertz CT molecular complexity index is 449. The van der Waals surface area contributed by atoms with Crippen molar-refractivity contribution in [1.29, 1.82) is 0 Å². The van der Waals surface area contributed by atoms with Crippen molar-refractivity contribution in [2.45, 2.75) is 33.2 Å². The first kappa shape index (κ1) is 14.9. The number of aliphatic carboxylic acids is 1. The first-order valence-corrected chi connectivity index (χ1v) is 7.59. The van der Waals surface area contributed by atoms with Crippen molar-refractivity contribution in [1.82, 2.24) is 5.32 Å². The van der Waals surface area contributed by atoms with Gasteiger partial charge in [0.05, 0.1) is 17.4 Å². The molecule has 0 aromatic heterocycles. The highest BCUT2D eigenvalue weighted by molar-refractivity contribution is 7.91. The van der Waals surface area contributed by atoms with Gasteiger partial charge in [0.2, 0.25) is 5.91 Å². The number of carbonyl (C=O) groups excluding carboxylic acids is 1. The second kappa shape index (κ2) is 4.87. The van der Waals surface area contributed by atoms with E-state index in [4.69, 9.17) is 5.11 Å². The number of carbonyl (C=O) groups is 2. The molecule has 104 valence electrons. The van der Waals surface area contributed by atoms with E-state index in [9.17, 15) is 18.0 Å². The Morgan fingerprint density at radius 1 is 1.33 bits per heavy atom. The first-order chi connectivity index (χ1) is 8.03. The Kier molecular flexibility index (Phi) is 4.05. The highest BCUT2D eigenvalue weighted by Gasteiger charge is 2.38.